The molecule has 0 unspecified atom stereocenters. The summed E-state index contributed by atoms with van der Waals surface area (Å²) in [5, 5.41) is 0. The van der Waals surface area contributed by atoms with Crippen LogP contribution in [0.4, 0.5) is 0 Å². The van der Waals surface area contributed by atoms with E-state index in [9.17, 15) is 8.42 Å². The molecule has 13 heavy (non-hydrogen) atoms. The van der Waals surface area contributed by atoms with Gasteiger partial charge in [-0.2, -0.15) is 17.4 Å². The molecule has 0 amide bonds. The summed E-state index contributed by atoms with van der Waals surface area (Å²) in [4.78, 5) is 0. The van der Waals surface area contributed by atoms with Gasteiger partial charge in [-0.15, -0.1) is 6.58 Å². The Hall–Kier alpha value is -0.390. The van der Waals surface area contributed by atoms with Crippen molar-refractivity contribution >= 4 is 10.2 Å². The maximum Gasteiger partial charge on any atom is 0.279 e. The van der Waals surface area contributed by atoms with Crippen LogP contribution in [0.15, 0.2) is 12.7 Å². The van der Waals surface area contributed by atoms with Crippen LogP contribution in [0.1, 0.15) is 19.8 Å². The van der Waals surface area contributed by atoms with Gasteiger partial charge in [-0.25, -0.2) is 0 Å². The highest BCUT2D eigenvalue weighted by molar-refractivity contribution is 7.87. The second-order valence-corrected chi connectivity index (χ2v) is 4.95. The highest BCUT2D eigenvalue weighted by atomic mass is 32.2. The van der Waals surface area contributed by atoms with Crippen LogP contribution in [0.2, 0.25) is 0 Å². The van der Waals surface area contributed by atoms with Crippen LogP contribution in [0, 0.1) is 0 Å². The average Bonchev–Trinajstić information content (AvgIpc) is 2.03. The topological polar surface area (TPSA) is 49.4 Å². The molecular weight excluding hydrogens is 188 g/mol. The summed E-state index contributed by atoms with van der Waals surface area (Å²) in [7, 11) is -0.331. The number of hydrogen-bond acceptors (Lipinski definition) is 2. The molecule has 0 rings (SSSR count). The Morgan fingerprint density at radius 3 is 2.38 bits per heavy atom. The smallest absolute Gasteiger partial charge is 0.195 e. The first-order valence-electron chi connectivity index (χ1n) is 4.26. The standard InChI is InChI=1S/C8H18N2O2S/c1-5-7-8(6-2)9-13(11,12)10(3)4/h6,8-9H,2,5,7H2,1,3-4H3/t8-/m0/s1. The van der Waals surface area contributed by atoms with Crippen molar-refractivity contribution in [3.05, 3.63) is 12.7 Å². The fourth-order valence-corrected chi connectivity index (χ4v) is 1.64. The molecule has 0 bridgehead atoms. The molecule has 0 aliphatic carbocycles. The average molecular weight is 206 g/mol. The quantitative estimate of drug-likeness (QED) is 0.652. The first kappa shape index (κ1) is 12.6. The molecule has 0 heterocycles. The van der Waals surface area contributed by atoms with Crippen LogP contribution in [0.3, 0.4) is 0 Å². The molecule has 0 aromatic carbocycles. The molecule has 0 spiro atoms. The van der Waals surface area contributed by atoms with E-state index in [0.717, 1.165) is 17.1 Å². The van der Waals surface area contributed by atoms with Crippen molar-refractivity contribution in [1.82, 2.24) is 9.03 Å². The van der Waals surface area contributed by atoms with Crippen LogP contribution in [-0.2, 0) is 10.2 Å². The number of nitrogens with zero attached hydrogens (tertiary/aromatic N) is 1. The van der Waals surface area contributed by atoms with Crippen LogP contribution >= 0.6 is 0 Å². The molecule has 0 aliphatic rings. The first-order chi connectivity index (χ1) is 5.94. The lowest BCUT2D eigenvalue weighted by atomic mass is 10.2. The number of nitrogens with one attached hydrogen (secondary N) is 1. The first-order valence-corrected chi connectivity index (χ1v) is 5.70. The third-order valence-electron chi connectivity index (χ3n) is 1.67. The summed E-state index contributed by atoms with van der Waals surface area (Å²) in [5.74, 6) is 0. The summed E-state index contributed by atoms with van der Waals surface area (Å²) < 4.78 is 26.4. The van der Waals surface area contributed by atoms with Gasteiger partial charge in [0.2, 0.25) is 0 Å². The lowest BCUT2D eigenvalue weighted by molar-refractivity contribution is 0.492. The van der Waals surface area contributed by atoms with Gasteiger partial charge < -0.3 is 0 Å². The second-order valence-electron chi connectivity index (χ2n) is 3.04. The second kappa shape index (κ2) is 5.36. The van der Waals surface area contributed by atoms with Gasteiger partial charge in [0.05, 0.1) is 0 Å². The Labute approximate surface area is 80.8 Å². The molecule has 4 nitrogen and oxygen atoms in total. The molecular formula is C8H18N2O2S. The maximum absolute atomic E-state index is 11.3. The molecule has 5 heteroatoms. The van der Waals surface area contributed by atoms with Gasteiger partial charge in [0.1, 0.15) is 0 Å². The van der Waals surface area contributed by atoms with E-state index in [-0.39, 0.29) is 6.04 Å². The van der Waals surface area contributed by atoms with Crippen LogP contribution in [-0.4, -0.2) is 32.9 Å². The van der Waals surface area contributed by atoms with Crippen molar-refractivity contribution in [2.45, 2.75) is 25.8 Å². The molecule has 0 fully saturated rings. The van der Waals surface area contributed by atoms with Gasteiger partial charge in [0.25, 0.3) is 10.2 Å². The number of hydrogen-bond donors (Lipinski definition) is 1. The van der Waals surface area contributed by atoms with Gasteiger partial charge in [0.15, 0.2) is 0 Å². The van der Waals surface area contributed by atoms with Crippen LogP contribution in [0.25, 0.3) is 0 Å². The van der Waals surface area contributed by atoms with Gasteiger partial charge in [-0.3, -0.25) is 0 Å². The summed E-state index contributed by atoms with van der Waals surface area (Å²) in [5.41, 5.74) is 0. The van der Waals surface area contributed by atoms with E-state index in [1.807, 2.05) is 6.92 Å². The van der Waals surface area contributed by atoms with E-state index in [1.54, 1.807) is 6.08 Å². The molecule has 0 aliphatic heterocycles. The minimum Gasteiger partial charge on any atom is -0.195 e. The molecule has 0 aromatic heterocycles. The highest BCUT2D eigenvalue weighted by Gasteiger charge is 2.16. The molecule has 0 aromatic rings. The largest absolute Gasteiger partial charge is 0.279 e. The van der Waals surface area contributed by atoms with Crippen molar-refractivity contribution in [2.24, 2.45) is 0 Å². The Bertz CT molecular complexity index is 247. The lowest BCUT2D eigenvalue weighted by Gasteiger charge is -2.17. The van der Waals surface area contributed by atoms with Gasteiger partial charge in [0, 0.05) is 20.1 Å². The van der Waals surface area contributed by atoms with Crippen molar-refractivity contribution in [3.8, 4) is 0 Å². The zero-order valence-corrected chi connectivity index (χ0v) is 9.26. The summed E-state index contributed by atoms with van der Waals surface area (Å²) in [6.45, 7) is 5.58. The van der Waals surface area contributed by atoms with E-state index in [4.69, 9.17) is 0 Å². The van der Waals surface area contributed by atoms with Crippen molar-refractivity contribution in [1.29, 1.82) is 0 Å². The fraction of sp³-hybridized carbons (Fsp3) is 0.750. The zero-order chi connectivity index (χ0) is 10.5. The fourth-order valence-electron chi connectivity index (χ4n) is 0.833. The van der Waals surface area contributed by atoms with Crippen LogP contribution in [0.5, 0.6) is 0 Å². The van der Waals surface area contributed by atoms with E-state index < -0.39 is 10.2 Å². The highest BCUT2D eigenvalue weighted by Crippen LogP contribution is 2.00. The molecule has 0 radical (unpaired) electrons. The molecule has 78 valence electrons. The minimum atomic E-state index is -3.32. The van der Waals surface area contributed by atoms with Crippen molar-refractivity contribution < 1.29 is 8.42 Å². The predicted molar refractivity (Wildman–Crippen MR) is 54.6 cm³/mol. The normalized spacial score (nSPS) is 14.5. The maximum atomic E-state index is 11.3. The summed E-state index contributed by atoms with van der Waals surface area (Å²) in [6, 6.07) is -0.169. The van der Waals surface area contributed by atoms with Gasteiger partial charge in [-0.1, -0.05) is 19.4 Å². The molecule has 0 saturated carbocycles. The van der Waals surface area contributed by atoms with Crippen molar-refractivity contribution in [3.63, 3.8) is 0 Å². The third kappa shape index (κ3) is 4.40. The SMILES string of the molecule is C=C[C@@H](CCC)NS(=O)(=O)N(C)C. The minimum absolute atomic E-state index is 0.169. The van der Waals surface area contributed by atoms with Gasteiger partial charge in [-0.05, 0) is 6.42 Å². The Balaban J connectivity index is 4.31. The molecule has 1 atom stereocenters. The Morgan fingerprint density at radius 2 is 2.08 bits per heavy atom. The van der Waals surface area contributed by atoms with Gasteiger partial charge >= 0.3 is 0 Å². The third-order valence-corrected chi connectivity index (χ3v) is 3.23. The number of rotatable bonds is 6. The van der Waals surface area contributed by atoms with E-state index in [2.05, 4.69) is 11.3 Å². The Kier molecular flexibility index (Phi) is 5.20. The summed E-state index contributed by atoms with van der Waals surface area (Å²) >= 11 is 0. The zero-order valence-electron chi connectivity index (χ0n) is 8.45. The van der Waals surface area contributed by atoms with E-state index in [0.29, 0.717) is 0 Å². The van der Waals surface area contributed by atoms with Crippen molar-refractivity contribution in [2.75, 3.05) is 14.1 Å². The van der Waals surface area contributed by atoms with Crippen LogP contribution < -0.4 is 4.72 Å². The molecule has 1 N–H and O–H groups in total. The monoisotopic (exact) mass is 206 g/mol. The lowest BCUT2D eigenvalue weighted by Crippen LogP contribution is -2.41. The predicted octanol–water partition coefficient (Wildman–Crippen LogP) is 0.737. The summed E-state index contributed by atoms with van der Waals surface area (Å²) in [6.07, 6.45) is 3.31. The molecule has 0 saturated heterocycles. The van der Waals surface area contributed by atoms with E-state index in [1.165, 1.54) is 14.1 Å². The Morgan fingerprint density at radius 1 is 1.54 bits per heavy atom. The van der Waals surface area contributed by atoms with E-state index >= 15 is 0 Å².